The number of nitrogens with zero attached hydrogens (tertiary/aromatic N) is 1. The summed E-state index contributed by atoms with van der Waals surface area (Å²) < 4.78 is 5.73. The lowest BCUT2D eigenvalue weighted by Gasteiger charge is -2.47. The van der Waals surface area contributed by atoms with Crippen molar-refractivity contribution in [2.24, 2.45) is 5.92 Å². The first-order valence-corrected chi connectivity index (χ1v) is 9.77. The molecule has 0 unspecified atom stereocenters. The minimum Gasteiger partial charge on any atom is -0.496 e. The van der Waals surface area contributed by atoms with E-state index in [4.69, 9.17) is 4.74 Å². The molecule has 5 rings (SSSR count). The number of methoxy groups -OCH3 is 1. The molecule has 2 fully saturated rings. The average Bonchev–Trinajstić information content (AvgIpc) is 3.47. The molecule has 1 saturated heterocycles. The van der Waals surface area contributed by atoms with Gasteiger partial charge in [-0.15, -0.1) is 0 Å². The summed E-state index contributed by atoms with van der Waals surface area (Å²) in [6.07, 6.45) is 6.37. The van der Waals surface area contributed by atoms with E-state index in [0.717, 1.165) is 18.1 Å². The highest BCUT2D eigenvalue weighted by molar-refractivity contribution is 5.58. The number of hydrogen-bond acceptors (Lipinski definition) is 2. The Morgan fingerprint density at radius 3 is 2.52 bits per heavy atom. The highest BCUT2D eigenvalue weighted by Gasteiger charge is 2.43. The van der Waals surface area contributed by atoms with Crippen LogP contribution in [0.5, 0.6) is 5.75 Å². The van der Waals surface area contributed by atoms with Gasteiger partial charge in [-0.25, -0.2) is 0 Å². The molecule has 1 saturated carbocycles. The van der Waals surface area contributed by atoms with E-state index in [1.165, 1.54) is 62.0 Å². The summed E-state index contributed by atoms with van der Waals surface area (Å²) in [6, 6.07) is 15.8. The second-order valence-corrected chi connectivity index (χ2v) is 8.15. The summed E-state index contributed by atoms with van der Waals surface area (Å²) in [7, 11) is 1.81. The normalized spacial score (nSPS) is 21.6. The maximum Gasteiger partial charge on any atom is 0.122 e. The molecule has 0 atom stereocenters. The van der Waals surface area contributed by atoms with Gasteiger partial charge in [-0.1, -0.05) is 36.4 Å². The van der Waals surface area contributed by atoms with E-state index in [-0.39, 0.29) is 5.41 Å². The fraction of sp³-hybridized carbons (Fsp3) is 0.478. The molecule has 2 heteroatoms. The highest BCUT2D eigenvalue weighted by Crippen LogP contribution is 2.50. The van der Waals surface area contributed by atoms with E-state index in [0.29, 0.717) is 0 Å². The molecule has 0 radical (unpaired) electrons. The van der Waals surface area contributed by atoms with Gasteiger partial charge in [0, 0.05) is 23.9 Å². The summed E-state index contributed by atoms with van der Waals surface area (Å²) in [5, 5.41) is 0. The SMILES string of the molecule is COc1cccc2c1Cc1ccccc1C21CCN(CC2CC2)CC1. The summed E-state index contributed by atoms with van der Waals surface area (Å²) >= 11 is 0. The molecule has 1 aliphatic heterocycles. The molecule has 2 aromatic carbocycles. The number of rotatable bonds is 3. The summed E-state index contributed by atoms with van der Waals surface area (Å²) in [4.78, 5) is 2.71. The fourth-order valence-electron chi connectivity index (χ4n) is 5.19. The van der Waals surface area contributed by atoms with Crippen LogP contribution in [-0.4, -0.2) is 31.6 Å². The Morgan fingerprint density at radius 2 is 1.76 bits per heavy atom. The van der Waals surface area contributed by atoms with E-state index in [1.807, 2.05) is 0 Å². The molecular weight excluding hydrogens is 306 g/mol. The van der Waals surface area contributed by atoms with Crippen molar-refractivity contribution >= 4 is 0 Å². The number of piperidine rings is 1. The van der Waals surface area contributed by atoms with Crippen molar-refractivity contribution in [3.05, 3.63) is 64.7 Å². The second kappa shape index (κ2) is 5.88. The zero-order chi connectivity index (χ0) is 16.9. The Labute approximate surface area is 150 Å². The lowest BCUT2D eigenvalue weighted by molar-refractivity contribution is 0.171. The van der Waals surface area contributed by atoms with Crippen LogP contribution in [0.15, 0.2) is 42.5 Å². The van der Waals surface area contributed by atoms with Crippen LogP contribution >= 0.6 is 0 Å². The van der Waals surface area contributed by atoms with Crippen molar-refractivity contribution in [1.29, 1.82) is 0 Å². The molecular formula is C23H27NO. The van der Waals surface area contributed by atoms with Crippen LogP contribution in [0.3, 0.4) is 0 Å². The molecule has 2 aromatic rings. The van der Waals surface area contributed by atoms with Crippen LogP contribution in [0.25, 0.3) is 0 Å². The highest BCUT2D eigenvalue weighted by atomic mass is 16.5. The minimum atomic E-state index is 0.179. The molecule has 0 aromatic heterocycles. The Balaban J connectivity index is 1.57. The van der Waals surface area contributed by atoms with Crippen molar-refractivity contribution < 1.29 is 4.74 Å². The third-order valence-electron chi connectivity index (χ3n) is 6.69. The van der Waals surface area contributed by atoms with Gasteiger partial charge in [0.15, 0.2) is 0 Å². The zero-order valence-corrected chi connectivity index (χ0v) is 15.1. The lowest BCUT2D eigenvalue weighted by atomic mass is 9.62. The number of hydrogen-bond donors (Lipinski definition) is 0. The van der Waals surface area contributed by atoms with Crippen molar-refractivity contribution in [2.75, 3.05) is 26.7 Å². The average molecular weight is 333 g/mol. The summed E-state index contributed by atoms with van der Waals surface area (Å²) in [5.74, 6) is 2.05. The summed E-state index contributed by atoms with van der Waals surface area (Å²) in [6.45, 7) is 3.77. The lowest BCUT2D eigenvalue weighted by Crippen LogP contribution is -2.46. The fourth-order valence-corrected chi connectivity index (χ4v) is 5.19. The third kappa shape index (κ3) is 2.50. The van der Waals surface area contributed by atoms with E-state index in [2.05, 4.69) is 47.4 Å². The van der Waals surface area contributed by atoms with Gasteiger partial charge in [0.05, 0.1) is 7.11 Å². The van der Waals surface area contributed by atoms with Crippen LogP contribution in [-0.2, 0) is 11.8 Å². The Bertz CT molecular complexity index is 784. The van der Waals surface area contributed by atoms with Crippen LogP contribution in [0.4, 0.5) is 0 Å². The molecule has 0 N–H and O–H groups in total. The molecule has 3 aliphatic rings. The summed E-state index contributed by atoms with van der Waals surface area (Å²) in [5.41, 5.74) is 6.19. The first-order chi connectivity index (χ1) is 12.3. The zero-order valence-electron chi connectivity index (χ0n) is 15.1. The number of likely N-dealkylation sites (tertiary alicyclic amines) is 1. The number of fused-ring (bicyclic) bond motifs is 4. The van der Waals surface area contributed by atoms with Gasteiger partial charge in [0.25, 0.3) is 0 Å². The largest absolute Gasteiger partial charge is 0.496 e. The number of benzene rings is 2. The van der Waals surface area contributed by atoms with Gasteiger partial charge in [-0.2, -0.15) is 0 Å². The van der Waals surface area contributed by atoms with Gasteiger partial charge in [0.2, 0.25) is 0 Å². The van der Waals surface area contributed by atoms with Crippen molar-refractivity contribution in [3.8, 4) is 5.75 Å². The molecule has 1 spiro atoms. The molecule has 130 valence electrons. The topological polar surface area (TPSA) is 12.5 Å². The maximum absolute atomic E-state index is 5.73. The Kier molecular flexibility index (Phi) is 3.63. The molecule has 0 bridgehead atoms. The molecule has 2 aliphatic carbocycles. The quantitative estimate of drug-likeness (QED) is 0.826. The third-order valence-corrected chi connectivity index (χ3v) is 6.69. The molecule has 2 nitrogen and oxygen atoms in total. The predicted molar refractivity (Wildman–Crippen MR) is 101 cm³/mol. The van der Waals surface area contributed by atoms with Gasteiger partial charge in [0.1, 0.15) is 5.75 Å². The van der Waals surface area contributed by atoms with Crippen molar-refractivity contribution in [2.45, 2.75) is 37.5 Å². The number of ether oxygens (including phenoxy) is 1. The Morgan fingerprint density at radius 1 is 1.00 bits per heavy atom. The predicted octanol–water partition coefficient (Wildman–Crippen LogP) is 4.39. The van der Waals surface area contributed by atoms with Gasteiger partial charge < -0.3 is 9.64 Å². The van der Waals surface area contributed by atoms with Crippen LogP contribution in [0.2, 0.25) is 0 Å². The van der Waals surface area contributed by atoms with Gasteiger partial charge in [-0.3, -0.25) is 0 Å². The monoisotopic (exact) mass is 333 g/mol. The van der Waals surface area contributed by atoms with Crippen LogP contribution in [0.1, 0.15) is 47.9 Å². The van der Waals surface area contributed by atoms with Crippen LogP contribution in [0, 0.1) is 5.92 Å². The van der Waals surface area contributed by atoms with Crippen molar-refractivity contribution in [3.63, 3.8) is 0 Å². The standard InChI is InChI=1S/C23H27NO/c1-25-22-8-4-7-21-19(22)15-18-5-2-3-6-20(18)23(21)11-13-24(14-12-23)16-17-9-10-17/h2-8,17H,9-16H2,1H3. The van der Waals surface area contributed by atoms with E-state index in [9.17, 15) is 0 Å². The first-order valence-electron chi connectivity index (χ1n) is 9.77. The smallest absolute Gasteiger partial charge is 0.122 e. The van der Waals surface area contributed by atoms with Crippen LogP contribution < -0.4 is 4.74 Å². The minimum absolute atomic E-state index is 0.179. The van der Waals surface area contributed by atoms with E-state index >= 15 is 0 Å². The van der Waals surface area contributed by atoms with E-state index in [1.54, 1.807) is 12.7 Å². The Hall–Kier alpha value is -1.80. The van der Waals surface area contributed by atoms with Crippen molar-refractivity contribution in [1.82, 2.24) is 4.90 Å². The molecule has 1 heterocycles. The van der Waals surface area contributed by atoms with Gasteiger partial charge >= 0.3 is 0 Å². The second-order valence-electron chi connectivity index (χ2n) is 8.15. The van der Waals surface area contributed by atoms with Gasteiger partial charge in [-0.05, 0) is 67.4 Å². The molecule has 25 heavy (non-hydrogen) atoms. The maximum atomic E-state index is 5.73. The molecule has 0 amide bonds. The van der Waals surface area contributed by atoms with E-state index < -0.39 is 0 Å². The first kappa shape index (κ1) is 15.5.